The van der Waals surface area contributed by atoms with Crippen LogP contribution in [0.2, 0.25) is 0 Å². The minimum atomic E-state index is -3.87. The van der Waals surface area contributed by atoms with Crippen LogP contribution in [0.4, 0.5) is 4.39 Å². The number of rotatable bonds is 18. The summed E-state index contributed by atoms with van der Waals surface area (Å²) in [6.45, 7) is 11.1. The molecule has 2 aromatic carbocycles. The first kappa shape index (κ1) is 52.9. The number of carbonyl (C=O) groups excluding carboxylic acids is 4. The van der Waals surface area contributed by atoms with Crippen LogP contribution >= 0.6 is 18.6 Å². The Morgan fingerprint density at radius 2 is 1.78 bits per heavy atom. The number of piperidine rings is 1. The summed E-state index contributed by atoms with van der Waals surface area (Å²) in [5.74, 6) is 1.12. The molecular weight excluding hydrogens is 919 g/mol. The zero-order chi connectivity index (χ0) is 49.8. The first-order valence-corrected chi connectivity index (χ1v) is 26.9. The van der Waals surface area contributed by atoms with Gasteiger partial charge in [0.25, 0.3) is 11.5 Å². The molecule has 4 fully saturated rings. The lowest BCUT2D eigenvalue weighted by Gasteiger charge is -2.26. The Kier molecular flexibility index (Phi) is 18.3. The Morgan fingerprint density at radius 3 is 2.41 bits per heavy atom. The van der Waals surface area contributed by atoms with Gasteiger partial charge in [0, 0.05) is 73.8 Å². The Bertz CT molecular complexity index is 2570. The van der Waals surface area contributed by atoms with E-state index in [4.69, 9.17) is 4.74 Å². The Labute approximate surface area is 408 Å². The van der Waals surface area contributed by atoms with Crippen LogP contribution in [-0.2, 0) is 26.3 Å². The maximum absolute atomic E-state index is 14.7. The van der Waals surface area contributed by atoms with Crippen LogP contribution in [0.3, 0.4) is 0 Å². The second-order valence-corrected chi connectivity index (χ2v) is 22.3. The summed E-state index contributed by atoms with van der Waals surface area (Å²) in [5, 5.41) is 3.68. The number of nitrogens with zero attached hydrogens (tertiary/aromatic N) is 4. The number of alkyl halides is 1. The number of hydrogen-bond donors (Lipinski definition) is 3. The molecule has 2 aromatic heterocycles. The molecule has 1 aliphatic carbocycles. The van der Waals surface area contributed by atoms with Gasteiger partial charge >= 0.3 is 0 Å². The van der Waals surface area contributed by atoms with Crippen molar-refractivity contribution < 1.29 is 33.2 Å². The summed E-state index contributed by atoms with van der Waals surface area (Å²) in [6, 6.07) is 17.8. The third kappa shape index (κ3) is 13.5. The van der Waals surface area contributed by atoms with Gasteiger partial charge in [0.15, 0.2) is 12.7 Å². The SMILES string of the molecule is C=C1CCC(c2ccc(OCCCCCn3ccc(C4CN(C=O)C5(CC5)C4)cc3=O)cc2)C(=O)N1.C=P(O)(N=O)C(C)(F)c1ccc2sc(C(=O)NC)cc2c1.CCCCCC(=O)N1CCCC1. The molecule has 4 amide bonds. The van der Waals surface area contributed by atoms with Gasteiger partial charge in [0.1, 0.15) is 5.75 Å². The van der Waals surface area contributed by atoms with Crippen molar-refractivity contribution in [2.45, 2.75) is 133 Å². The second-order valence-electron chi connectivity index (χ2n) is 18.8. The largest absolute Gasteiger partial charge is 0.494 e. The van der Waals surface area contributed by atoms with Crippen LogP contribution < -0.4 is 20.9 Å². The number of unbranched alkanes of at least 4 members (excludes halogenated alkanes) is 4. The first-order valence-electron chi connectivity index (χ1n) is 24.2. The minimum absolute atomic E-state index is 0.0170. The molecule has 0 radical (unpaired) electrons. The van der Waals surface area contributed by atoms with Crippen molar-refractivity contribution in [1.29, 1.82) is 0 Å². The van der Waals surface area contributed by atoms with Crippen LogP contribution in [0.1, 0.15) is 142 Å². The predicted molar refractivity (Wildman–Crippen MR) is 274 cm³/mol. The van der Waals surface area contributed by atoms with E-state index in [2.05, 4.69) is 41.4 Å². The van der Waals surface area contributed by atoms with E-state index < -0.39 is 12.7 Å². The molecular formula is C52H68FN6O8PS. The molecule has 69 heavy (non-hydrogen) atoms. The molecule has 14 nitrogen and oxygen atoms in total. The van der Waals surface area contributed by atoms with Gasteiger partial charge in [-0.25, -0.2) is 4.39 Å². The number of pyridine rings is 1. The normalized spacial score (nSPS) is 19.8. The Hall–Kier alpha value is -5.44. The molecule has 0 bridgehead atoms. The van der Waals surface area contributed by atoms with Crippen LogP contribution in [0.25, 0.3) is 10.1 Å². The molecule has 17 heteroatoms. The molecule has 372 valence electrons. The highest BCUT2D eigenvalue weighted by atomic mass is 32.1. The maximum Gasteiger partial charge on any atom is 0.261 e. The number of benzene rings is 2. The van der Waals surface area contributed by atoms with Gasteiger partial charge in [-0.2, -0.15) is 0 Å². The van der Waals surface area contributed by atoms with Crippen molar-refractivity contribution in [2.75, 3.05) is 33.3 Å². The van der Waals surface area contributed by atoms with E-state index >= 15 is 0 Å². The molecule has 1 spiro atoms. The number of carbonyl (C=O) groups is 4. The van der Waals surface area contributed by atoms with E-state index in [0.29, 0.717) is 29.3 Å². The smallest absolute Gasteiger partial charge is 0.261 e. The van der Waals surface area contributed by atoms with Gasteiger partial charge in [0.2, 0.25) is 18.2 Å². The fourth-order valence-electron chi connectivity index (χ4n) is 9.18. The molecule has 8 rings (SSSR count). The van der Waals surface area contributed by atoms with E-state index in [1.807, 2.05) is 40.3 Å². The van der Waals surface area contributed by atoms with Gasteiger partial charge in [-0.1, -0.05) is 44.5 Å². The average Bonchev–Trinajstić information content (AvgIpc) is 3.64. The lowest BCUT2D eigenvalue weighted by Crippen LogP contribution is -2.33. The number of ether oxygens (including phenoxy) is 1. The lowest BCUT2D eigenvalue weighted by atomic mass is 9.90. The number of aromatic nitrogens is 1. The monoisotopic (exact) mass is 986 g/mol. The second kappa shape index (κ2) is 23.9. The van der Waals surface area contributed by atoms with Gasteiger partial charge in [-0.15, -0.1) is 16.2 Å². The van der Waals surface area contributed by atoms with Gasteiger partial charge < -0.3 is 34.6 Å². The maximum atomic E-state index is 14.7. The summed E-state index contributed by atoms with van der Waals surface area (Å²) in [7, 11) is -2.34. The molecule has 3 saturated heterocycles. The number of likely N-dealkylation sites (tertiary alicyclic amines) is 2. The average molecular weight is 987 g/mol. The minimum Gasteiger partial charge on any atom is -0.494 e. The van der Waals surface area contributed by atoms with Crippen LogP contribution in [-0.4, -0.2) is 88.5 Å². The molecule has 4 aromatic rings. The number of allylic oxidation sites excluding steroid dienone is 1. The lowest BCUT2D eigenvalue weighted by molar-refractivity contribution is -0.130. The zero-order valence-electron chi connectivity index (χ0n) is 40.3. The van der Waals surface area contributed by atoms with Crippen LogP contribution in [0.15, 0.2) is 88.9 Å². The molecule has 1 saturated carbocycles. The highest BCUT2D eigenvalue weighted by molar-refractivity contribution is 7.67. The summed E-state index contributed by atoms with van der Waals surface area (Å²) >= 11 is 1.27. The Morgan fingerprint density at radius 1 is 1.04 bits per heavy atom. The zero-order valence-corrected chi connectivity index (χ0v) is 42.0. The number of halogens is 1. The third-order valence-electron chi connectivity index (χ3n) is 13.8. The fraction of sp³-hybridized carbons (Fsp3) is 0.500. The number of hydrogen-bond acceptors (Lipinski definition) is 10. The Balaban J connectivity index is 0.000000199. The quantitative estimate of drug-likeness (QED) is 0.0382. The summed E-state index contributed by atoms with van der Waals surface area (Å²) in [5.41, 5.74) is 3.08. The van der Waals surface area contributed by atoms with Crippen molar-refractivity contribution in [3.05, 3.63) is 116 Å². The molecule has 4 aliphatic rings. The standard InChI is InChI=1S/C29H35N3O4.C13H14FN2O3PS.C10H19NO/c1-21-5-10-26(28(35)30-21)22-6-8-25(9-7-22)36-16-4-2-3-14-31-15-11-23(17-27(31)34)24-18-29(12-13-29)32(19-24)20-33;1-13(14,20(3,19)16-18)9-4-5-10-8(6-9)7-11(21-10)12(17)15-2;1-2-3-4-7-10(12)11-8-5-6-9-11/h6-9,11,15,17,20,24,26H,1-5,10,12-14,16,18-19H2,(H,30,35);4-7,19H,3H2,1-2H3,(H,15,17);2-9H2,1H3. The molecule has 5 heterocycles. The number of nitroso groups, excluding NO2 is 1. The van der Waals surface area contributed by atoms with Crippen molar-refractivity contribution in [3.63, 3.8) is 0 Å². The number of nitrogens with one attached hydrogen (secondary N) is 2. The molecule has 3 aliphatic heterocycles. The van der Waals surface area contributed by atoms with E-state index in [-0.39, 0.29) is 40.3 Å². The first-order chi connectivity index (χ1) is 33.0. The van der Waals surface area contributed by atoms with E-state index in [1.54, 1.807) is 22.8 Å². The van der Waals surface area contributed by atoms with E-state index in [1.165, 1.54) is 56.2 Å². The predicted octanol–water partition coefficient (Wildman–Crippen LogP) is 9.71. The van der Waals surface area contributed by atoms with Crippen molar-refractivity contribution in [2.24, 2.45) is 4.95 Å². The number of amides is 4. The van der Waals surface area contributed by atoms with E-state index in [9.17, 15) is 38.2 Å². The van der Waals surface area contributed by atoms with Crippen LogP contribution in [0.5, 0.6) is 5.75 Å². The highest BCUT2D eigenvalue weighted by Gasteiger charge is 2.54. The number of fused-ring (bicyclic) bond motifs is 1. The van der Waals surface area contributed by atoms with Crippen molar-refractivity contribution in [3.8, 4) is 5.75 Å². The molecule has 4 unspecified atom stereocenters. The van der Waals surface area contributed by atoms with Crippen molar-refractivity contribution >= 4 is 59.1 Å². The number of thiophene rings is 1. The topological polar surface area (TPSA) is 180 Å². The van der Waals surface area contributed by atoms with Gasteiger partial charge in [0.05, 0.1) is 17.4 Å². The van der Waals surface area contributed by atoms with Crippen molar-refractivity contribution in [1.82, 2.24) is 25.0 Å². The number of aryl methyl sites for hydroxylation is 1. The van der Waals surface area contributed by atoms with Gasteiger partial charge in [-0.3, -0.25) is 24.0 Å². The fourth-order valence-corrected chi connectivity index (χ4v) is 10.9. The highest BCUT2D eigenvalue weighted by Crippen LogP contribution is 2.62. The third-order valence-corrected chi connectivity index (χ3v) is 16.8. The van der Waals surface area contributed by atoms with Crippen LogP contribution in [0, 0.1) is 4.91 Å². The van der Waals surface area contributed by atoms with E-state index in [0.717, 1.165) is 124 Å². The molecule has 3 N–H and O–H groups in total. The molecule has 4 atom stereocenters. The summed E-state index contributed by atoms with van der Waals surface area (Å²) < 4.78 is 23.2. The summed E-state index contributed by atoms with van der Waals surface area (Å²) in [4.78, 5) is 86.6. The summed E-state index contributed by atoms with van der Waals surface area (Å²) in [6.07, 6.45) is 20.3. The van der Waals surface area contributed by atoms with Gasteiger partial charge in [-0.05, 0) is 147 Å².